The third kappa shape index (κ3) is 4.45. The summed E-state index contributed by atoms with van der Waals surface area (Å²) in [6.07, 6.45) is 6.44. The monoisotopic (exact) mass is 278 g/mol. The molecular formula is C14H22N4O2. The Balaban J connectivity index is 1.70. The zero-order valence-corrected chi connectivity index (χ0v) is 11.8. The van der Waals surface area contributed by atoms with Crippen LogP contribution in [0.15, 0.2) is 12.3 Å². The van der Waals surface area contributed by atoms with Crippen LogP contribution in [0.3, 0.4) is 0 Å². The number of aliphatic hydroxyl groups is 1. The second-order valence-corrected chi connectivity index (χ2v) is 5.27. The topological polar surface area (TPSA) is 87.1 Å². The number of rotatable bonds is 4. The number of nitrogens with one attached hydrogen (secondary N) is 2. The van der Waals surface area contributed by atoms with E-state index >= 15 is 0 Å². The van der Waals surface area contributed by atoms with Gasteiger partial charge in [0.15, 0.2) is 0 Å². The molecule has 2 rings (SSSR count). The van der Waals surface area contributed by atoms with E-state index < -0.39 is 0 Å². The zero-order valence-electron chi connectivity index (χ0n) is 11.8. The van der Waals surface area contributed by atoms with Crippen molar-refractivity contribution in [3.05, 3.63) is 18.1 Å². The average molecular weight is 278 g/mol. The number of carbonyl (C=O) groups excluding carboxylic acids is 1. The fourth-order valence-corrected chi connectivity index (χ4v) is 2.58. The summed E-state index contributed by atoms with van der Waals surface area (Å²) in [5, 5.41) is 15.3. The van der Waals surface area contributed by atoms with E-state index in [1.165, 1.54) is 6.42 Å². The van der Waals surface area contributed by atoms with Crippen molar-refractivity contribution >= 4 is 11.8 Å². The first-order chi connectivity index (χ1) is 9.65. The maximum atomic E-state index is 11.7. The fraction of sp³-hybridized carbons (Fsp3) is 0.643. The van der Waals surface area contributed by atoms with Gasteiger partial charge in [-0.15, -0.1) is 0 Å². The molecule has 1 aromatic heterocycles. The summed E-state index contributed by atoms with van der Waals surface area (Å²) in [5.74, 6) is 1.42. The highest BCUT2D eigenvalue weighted by atomic mass is 16.3. The maximum Gasteiger partial charge on any atom is 0.320 e. The quantitative estimate of drug-likeness (QED) is 0.784. The largest absolute Gasteiger partial charge is 0.393 e. The summed E-state index contributed by atoms with van der Waals surface area (Å²) in [7, 11) is 0. The van der Waals surface area contributed by atoms with Crippen molar-refractivity contribution in [2.45, 2.75) is 45.1 Å². The van der Waals surface area contributed by atoms with E-state index in [1.807, 2.05) is 0 Å². The Morgan fingerprint density at radius 3 is 3.00 bits per heavy atom. The number of aryl methyl sites for hydroxylation is 1. The van der Waals surface area contributed by atoms with Gasteiger partial charge in [-0.25, -0.2) is 14.8 Å². The normalized spacial score (nSPS) is 22.3. The lowest BCUT2D eigenvalue weighted by molar-refractivity contribution is 0.0658. The molecule has 0 radical (unpaired) electrons. The minimum absolute atomic E-state index is 0.210. The molecule has 1 fully saturated rings. The van der Waals surface area contributed by atoms with E-state index in [9.17, 15) is 9.90 Å². The van der Waals surface area contributed by atoms with Crippen molar-refractivity contribution in [1.82, 2.24) is 15.3 Å². The summed E-state index contributed by atoms with van der Waals surface area (Å²) in [6, 6.07) is 1.38. The van der Waals surface area contributed by atoms with E-state index in [4.69, 9.17) is 0 Å². The number of hydrogen-bond donors (Lipinski definition) is 3. The van der Waals surface area contributed by atoms with Gasteiger partial charge in [-0.3, -0.25) is 5.32 Å². The molecule has 6 heteroatoms. The van der Waals surface area contributed by atoms with Crippen molar-refractivity contribution < 1.29 is 9.90 Å². The Hall–Kier alpha value is -1.69. The van der Waals surface area contributed by atoms with Gasteiger partial charge in [-0.2, -0.15) is 0 Å². The molecule has 0 aliphatic heterocycles. The number of amides is 2. The van der Waals surface area contributed by atoms with Gasteiger partial charge in [-0.05, 0) is 38.2 Å². The van der Waals surface area contributed by atoms with Crippen LogP contribution in [0.25, 0.3) is 0 Å². The number of carbonyl (C=O) groups is 1. The van der Waals surface area contributed by atoms with Crippen LogP contribution in [0.2, 0.25) is 0 Å². The minimum Gasteiger partial charge on any atom is -0.393 e. The Bertz CT molecular complexity index is 453. The first-order valence-corrected chi connectivity index (χ1v) is 7.17. The molecule has 1 saturated carbocycles. The molecule has 1 heterocycles. The van der Waals surface area contributed by atoms with E-state index in [0.29, 0.717) is 24.1 Å². The third-order valence-corrected chi connectivity index (χ3v) is 3.69. The minimum atomic E-state index is -0.270. The van der Waals surface area contributed by atoms with Gasteiger partial charge in [0.2, 0.25) is 0 Å². The van der Waals surface area contributed by atoms with Gasteiger partial charge in [0.05, 0.1) is 6.10 Å². The Morgan fingerprint density at radius 2 is 2.25 bits per heavy atom. The summed E-state index contributed by atoms with van der Waals surface area (Å²) >= 11 is 0. The first-order valence-electron chi connectivity index (χ1n) is 7.17. The smallest absolute Gasteiger partial charge is 0.320 e. The fourth-order valence-electron chi connectivity index (χ4n) is 2.58. The first kappa shape index (κ1) is 14.7. The highest BCUT2D eigenvalue weighted by Gasteiger charge is 2.22. The van der Waals surface area contributed by atoms with Crippen LogP contribution in [0, 0.1) is 12.8 Å². The van der Waals surface area contributed by atoms with Crippen LogP contribution in [-0.2, 0) is 0 Å². The molecule has 1 aliphatic carbocycles. The van der Waals surface area contributed by atoms with Crippen molar-refractivity contribution in [2.75, 3.05) is 11.9 Å². The van der Waals surface area contributed by atoms with Crippen LogP contribution >= 0.6 is 0 Å². The van der Waals surface area contributed by atoms with Gasteiger partial charge >= 0.3 is 6.03 Å². The number of hydrogen-bond acceptors (Lipinski definition) is 4. The molecule has 1 aromatic rings. The van der Waals surface area contributed by atoms with E-state index in [2.05, 4.69) is 20.6 Å². The standard InChI is InChI=1S/C14H22N4O2/c1-10-15-9-7-13(17-10)18-14(20)16-8-6-11-4-2-3-5-12(11)19/h7,9,11-12,19H,2-6,8H2,1H3,(H2,15,16,17,18,20)/t11-,12-/m0/s1. The lowest BCUT2D eigenvalue weighted by Crippen LogP contribution is -2.33. The number of anilines is 1. The van der Waals surface area contributed by atoms with E-state index in [-0.39, 0.29) is 12.1 Å². The van der Waals surface area contributed by atoms with Crippen LogP contribution in [0.5, 0.6) is 0 Å². The van der Waals surface area contributed by atoms with Crippen molar-refractivity contribution in [3.8, 4) is 0 Å². The zero-order chi connectivity index (χ0) is 14.4. The highest BCUT2D eigenvalue weighted by molar-refractivity contribution is 5.88. The van der Waals surface area contributed by atoms with Crippen LogP contribution in [0.4, 0.5) is 10.6 Å². The Labute approximate surface area is 119 Å². The second kappa shape index (κ2) is 7.19. The number of aromatic nitrogens is 2. The van der Waals surface area contributed by atoms with Crippen LogP contribution < -0.4 is 10.6 Å². The summed E-state index contributed by atoms with van der Waals surface area (Å²) in [6.45, 7) is 2.34. The number of urea groups is 1. The molecule has 2 atom stereocenters. The van der Waals surface area contributed by atoms with Gasteiger partial charge in [-0.1, -0.05) is 12.8 Å². The molecule has 1 aliphatic rings. The molecule has 2 amide bonds. The van der Waals surface area contributed by atoms with Crippen molar-refractivity contribution in [1.29, 1.82) is 0 Å². The molecular weight excluding hydrogens is 256 g/mol. The summed E-state index contributed by atoms with van der Waals surface area (Å²) in [4.78, 5) is 19.8. The van der Waals surface area contributed by atoms with Gasteiger partial charge < -0.3 is 10.4 Å². The SMILES string of the molecule is Cc1nccc(NC(=O)NCC[C@@H]2CCCC[C@@H]2O)n1. The molecule has 0 bridgehead atoms. The van der Waals surface area contributed by atoms with E-state index in [1.54, 1.807) is 19.2 Å². The van der Waals surface area contributed by atoms with Gasteiger partial charge in [0, 0.05) is 12.7 Å². The molecule has 0 saturated heterocycles. The predicted molar refractivity (Wildman–Crippen MR) is 76.4 cm³/mol. The van der Waals surface area contributed by atoms with Crippen LogP contribution in [0.1, 0.15) is 37.9 Å². The van der Waals surface area contributed by atoms with Crippen LogP contribution in [-0.4, -0.2) is 33.8 Å². The Morgan fingerprint density at radius 1 is 1.45 bits per heavy atom. The average Bonchev–Trinajstić information content (AvgIpc) is 2.41. The van der Waals surface area contributed by atoms with Crippen molar-refractivity contribution in [2.24, 2.45) is 5.92 Å². The molecule has 0 spiro atoms. The summed E-state index contributed by atoms with van der Waals surface area (Å²) in [5.41, 5.74) is 0. The Kier molecular flexibility index (Phi) is 5.29. The second-order valence-electron chi connectivity index (χ2n) is 5.27. The maximum absolute atomic E-state index is 11.7. The number of nitrogens with zero attached hydrogens (tertiary/aromatic N) is 2. The van der Waals surface area contributed by atoms with Gasteiger partial charge in [0.1, 0.15) is 11.6 Å². The summed E-state index contributed by atoms with van der Waals surface area (Å²) < 4.78 is 0. The molecule has 110 valence electrons. The molecule has 6 nitrogen and oxygen atoms in total. The molecule has 0 aromatic carbocycles. The number of aliphatic hydroxyl groups excluding tert-OH is 1. The third-order valence-electron chi connectivity index (χ3n) is 3.69. The van der Waals surface area contributed by atoms with Crippen molar-refractivity contribution in [3.63, 3.8) is 0 Å². The highest BCUT2D eigenvalue weighted by Crippen LogP contribution is 2.26. The lowest BCUT2D eigenvalue weighted by Gasteiger charge is -2.27. The molecule has 0 unspecified atom stereocenters. The molecule has 20 heavy (non-hydrogen) atoms. The molecule has 3 N–H and O–H groups in total. The van der Waals surface area contributed by atoms with Gasteiger partial charge in [0.25, 0.3) is 0 Å². The van der Waals surface area contributed by atoms with E-state index in [0.717, 1.165) is 25.7 Å². The lowest BCUT2D eigenvalue weighted by atomic mass is 9.84. The predicted octanol–water partition coefficient (Wildman–Crippen LogP) is 1.85.